The zero-order valence-corrected chi connectivity index (χ0v) is 16.4. The van der Waals surface area contributed by atoms with Gasteiger partial charge in [-0.05, 0) is 43.7 Å². The van der Waals surface area contributed by atoms with E-state index in [4.69, 9.17) is 4.52 Å². The standard InChI is InChI=1S/C21H28N4O3/c1-2-21(27)10-4-5-16-13-25(14-17(16)21)19(26)7-3-6-18-23-20(24-28-18)15-8-11-22-12-9-15/h8-9,11-12,16-17,27H,2-7,10,13-14H2,1H3/t16-,17+,21-/m1/s1. The summed E-state index contributed by atoms with van der Waals surface area (Å²) in [6.07, 6.45) is 8.94. The van der Waals surface area contributed by atoms with E-state index in [-0.39, 0.29) is 11.8 Å². The monoisotopic (exact) mass is 384 g/mol. The highest BCUT2D eigenvalue weighted by atomic mass is 16.5. The number of carbonyl (C=O) groups excluding carboxylic acids is 1. The predicted molar refractivity (Wildman–Crippen MR) is 103 cm³/mol. The van der Waals surface area contributed by atoms with E-state index in [1.54, 1.807) is 12.4 Å². The fourth-order valence-corrected chi connectivity index (χ4v) is 4.79. The minimum Gasteiger partial charge on any atom is -0.390 e. The summed E-state index contributed by atoms with van der Waals surface area (Å²) < 4.78 is 5.31. The molecular weight excluding hydrogens is 356 g/mol. The van der Waals surface area contributed by atoms with E-state index in [1.807, 2.05) is 17.0 Å². The lowest BCUT2D eigenvalue weighted by Gasteiger charge is -2.40. The third kappa shape index (κ3) is 3.81. The molecule has 7 heteroatoms. The molecule has 1 saturated carbocycles. The highest BCUT2D eigenvalue weighted by molar-refractivity contribution is 5.76. The zero-order valence-electron chi connectivity index (χ0n) is 16.4. The molecule has 1 N–H and O–H groups in total. The summed E-state index contributed by atoms with van der Waals surface area (Å²) in [4.78, 5) is 23.0. The number of fused-ring (bicyclic) bond motifs is 1. The van der Waals surface area contributed by atoms with Crippen LogP contribution < -0.4 is 0 Å². The molecule has 0 aromatic carbocycles. The van der Waals surface area contributed by atoms with Gasteiger partial charge in [0.25, 0.3) is 0 Å². The number of pyridine rings is 1. The van der Waals surface area contributed by atoms with E-state index in [0.29, 0.717) is 43.4 Å². The molecule has 2 fully saturated rings. The quantitative estimate of drug-likeness (QED) is 0.823. The SMILES string of the molecule is CC[C@@]1(O)CCC[C@@H]2CN(C(=O)CCCc3nc(-c4ccncc4)no3)C[C@@H]21. The summed E-state index contributed by atoms with van der Waals surface area (Å²) in [5.74, 6) is 1.94. The van der Waals surface area contributed by atoms with Gasteiger partial charge >= 0.3 is 0 Å². The van der Waals surface area contributed by atoms with Gasteiger partial charge in [0, 0.05) is 49.8 Å². The van der Waals surface area contributed by atoms with Crippen LogP contribution in [-0.4, -0.2) is 49.7 Å². The highest BCUT2D eigenvalue weighted by Crippen LogP contribution is 2.44. The number of rotatable bonds is 6. The Morgan fingerprint density at radius 2 is 2.18 bits per heavy atom. The first-order chi connectivity index (χ1) is 13.6. The molecule has 3 heterocycles. The third-order valence-electron chi connectivity index (χ3n) is 6.47. The number of hydrogen-bond acceptors (Lipinski definition) is 6. The van der Waals surface area contributed by atoms with Gasteiger partial charge in [0.05, 0.1) is 5.60 Å². The van der Waals surface area contributed by atoms with Crippen LogP contribution in [0.4, 0.5) is 0 Å². The second kappa shape index (κ2) is 7.99. The molecule has 2 aliphatic rings. The maximum absolute atomic E-state index is 12.7. The molecule has 1 amide bonds. The van der Waals surface area contributed by atoms with Gasteiger partial charge in [0.1, 0.15) is 0 Å². The highest BCUT2D eigenvalue weighted by Gasteiger charge is 2.48. The van der Waals surface area contributed by atoms with Crippen molar-refractivity contribution < 1.29 is 14.4 Å². The number of aryl methyl sites for hydroxylation is 1. The minimum atomic E-state index is -0.592. The maximum atomic E-state index is 12.7. The molecule has 1 aliphatic heterocycles. The van der Waals surface area contributed by atoms with E-state index < -0.39 is 5.60 Å². The second-order valence-corrected chi connectivity index (χ2v) is 8.12. The molecule has 0 radical (unpaired) electrons. The van der Waals surface area contributed by atoms with Crippen molar-refractivity contribution in [1.82, 2.24) is 20.0 Å². The van der Waals surface area contributed by atoms with E-state index in [2.05, 4.69) is 22.0 Å². The molecule has 28 heavy (non-hydrogen) atoms. The molecule has 7 nitrogen and oxygen atoms in total. The molecule has 150 valence electrons. The Bertz CT molecular complexity index is 809. The summed E-state index contributed by atoms with van der Waals surface area (Å²) in [7, 11) is 0. The Balaban J connectivity index is 1.28. The molecule has 4 rings (SSSR count). The lowest BCUT2D eigenvalue weighted by Crippen LogP contribution is -2.44. The molecule has 0 spiro atoms. The Morgan fingerprint density at radius 3 is 2.96 bits per heavy atom. The first kappa shape index (κ1) is 19.1. The second-order valence-electron chi connectivity index (χ2n) is 8.12. The first-order valence-corrected chi connectivity index (χ1v) is 10.3. The fraction of sp³-hybridized carbons (Fsp3) is 0.619. The van der Waals surface area contributed by atoms with Crippen molar-refractivity contribution in [2.75, 3.05) is 13.1 Å². The number of aliphatic hydroxyl groups is 1. The average Bonchev–Trinajstić information content (AvgIpc) is 3.37. The van der Waals surface area contributed by atoms with Crippen LogP contribution in [0.1, 0.15) is 51.3 Å². The molecule has 2 aromatic heterocycles. The van der Waals surface area contributed by atoms with Gasteiger partial charge in [0.2, 0.25) is 17.6 Å². The lowest BCUT2D eigenvalue weighted by atomic mass is 9.69. The van der Waals surface area contributed by atoms with Crippen molar-refractivity contribution in [3.05, 3.63) is 30.4 Å². The normalized spacial score (nSPS) is 27.0. The molecule has 0 bridgehead atoms. The van der Waals surface area contributed by atoms with E-state index >= 15 is 0 Å². The molecule has 2 aromatic rings. The number of amides is 1. The molecule has 0 unspecified atom stereocenters. The first-order valence-electron chi connectivity index (χ1n) is 10.3. The van der Waals surface area contributed by atoms with Crippen LogP contribution in [0.3, 0.4) is 0 Å². The van der Waals surface area contributed by atoms with Crippen LogP contribution in [0.25, 0.3) is 11.4 Å². The van der Waals surface area contributed by atoms with Gasteiger partial charge in [-0.15, -0.1) is 0 Å². The van der Waals surface area contributed by atoms with E-state index in [0.717, 1.165) is 37.8 Å². The summed E-state index contributed by atoms with van der Waals surface area (Å²) in [6.45, 7) is 3.54. The van der Waals surface area contributed by atoms with Crippen LogP contribution in [-0.2, 0) is 11.2 Å². The number of carbonyl (C=O) groups is 1. The van der Waals surface area contributed by atoms with Crippen molar-refractivity contribution in [2.45, 2.75) is 57.5 Å². The molecule has 3 atom stereocenters. The lowest BCUT2D eigenvalue weighted by molar-refractivity contribution is -0.130. The van der Waals surface area contributed by atoms with Gasteiger partial charge in [0.15, 0.2) is 0 Å². The minimum absolute atomic E-state index is 0.168. The van der Waals surface area contributed by atoms with Crippen LogP contribution in [0.2, 0.25) is 0 Å². The molecule has 1 aliphatic carbocycles. The number of aromatic nitrogens is 3. The van der Waals surface area contributed by atoms with Crippen LogP contribution in [0.5, 0.6) is 0 Å². The Hall–Kier alpha value is -2.28. The van der Waals surface area contributed by atoms with Gasteiger partial charge in [-0.3, -0.25) is 9.78 Å². The molecular formula is C21H28N4O3. The van der Waals surface area contributed by atoms with Gasteiger partial charge in [-0.2, -0.15) is 4.98 Å². The fourth-order valence-electron chi connectivity index (χ4n) is 4.79. The Labute approximate surface area is 165 Å². The number of likely N-dealkylation sites (tertiary alicyclic amines) is 1. The Kier molecular flexibility index (Phi) is 5.44. The van der Waals surface area contributed by atoms with E-state index in [9.17, 15) is 9.90 Å². The zero-order chi connectivity index (χ0) is 19.6. The largest absolute Gasteiger partial charge is 0.390 e. The van der Waals surface area contributed by atoms with Gasteiger partial charge in [-0.25, -0.2) is 0 Å². The summed E-state index contributed by atoms with van der Waals surface area (Å²) in [5.41, 5.74) is 0.273. The summed E-state index contributed by atoms with van der Waals surface area (Å²) in [6, 6.07) is 3.67. The number of hydrogen-bond donors (Lipinski definition) is 1. The summed E-state index contributed by atoms with van der Waals surface area (Å²) >= 11 is 0. The maximum Gasteiger partial charge on any atom is 0.226 e. The smallest absolute Gasteiger partial charge is 0.226 e. The van der Waals surface area contributed by atoms with Crippen molar-refractivity contribution in [3.8, 4) is 11.4 Å². The summed E-state index contributed by atoms with van der Waals surface area (Å²) in [5, 5.41) is 14.9. The van der Waals surface area contributed by atoms with Crippen LogP contribution in [0.15, 0.2) is 29.0 Å². The average molecular weight is 384 g/mol. The van der Waals surface area contributed by atoms with Crippen molar-refractivity contribution >= 4 is 5.91 Å². The van der Waals surface area contributed by atoms with Gasteiger partial charge < -0.3 is 14.5 Å². The van der Waals surface area contributed by atoms with Gasteiger partial charge in [-0.1, -0.05) is 18.5 Å². The third-order valence-corrected chi connectivity index (χ3v) is 6.47. The topological polar surface area (TPSA) is 92.3 Å². The van der Waals surface area contributed by atoms with Crippen molar-refractivity contribution in [3.63, 3.8) is 0 Å². The van der Waals surface area contributed by atoms with Crippen LogP contribution >= 0.6 is 0 Å². The van der Waals surface area contributed by atoms with Crippen LogP contribution in [0, 0.1) is 11.8 Å². The Morgan fingerprint density at radius 1 is 1.36 bits per heavy atom. The molecule has 1 saturated heterocycles. The van der Waals surface area contributed by atoms with Crippen molar-refractivity contribution in [2.24, 2.45) is 11.8 Å². The predicted octanol–water partition coefficient (Wildman–Crippen LogP) is 2.85. The number of nitrogens with zero attached hydrogens (tertiary/aromatic N) is 4. The van der Waals surface area contributed by atoms with Crippen molar-refractivity contribution in [1.29, 1.82) is 0 Å². The van der Waals surface area contributed by atoms with E-state index in [1.165, 1.54) is 0 Å².